The second kappa shape index (κ2) is 17.4. The van der Waals surface area contributed by atoms with Gasteiger partial charge in [-0.05, 0) is 48.0 Å². The van der Waals surface area contributed by atoms with E-state index in [4.69, 9.17) is 13.9 Å². The molecule has 0 bridgehead atoms. The molecule has 0 saturated carbocycles. The summed E-state index contributed by atoms with van der Waals surface area (Å²) in [5.41, 5.74) is 1.92. The average Bonchev–Trinajstić information content (AvgIpc) is 3.18. The summed E-state index contributed by atoms with van der Waals surface area (Å²) in [5.74, 6) is -1.62. The largest absolute Gasteiger partial charge is 0.457 e. The summed E-state index contributed by atoms with van der Waals surface area (Å²) in [6.45, 7) is 12.8. The van der Waals surface area contributed by atoms with Crippen LogP contribution in [0.1, 0.15) is 29.3 Å². The van der Waals surface area contributed by atoms with E-state index in [1.807, 2.05) is 122 Å². The van der Waals surface area contributed by atoms with Gasteiger partial charge in [-0.2, -0.15) is 0 Å². The number of likely N-dealkylation sites (tertiary alicyclic amines) is 1. The molecule has 0 N–H and O–H groups in total. The zero-order valence-electron chi connectivity index (χ0n) is 31.7. The molecule has 0 unspecified atom stereocenters. The van der Waals surface area contributed by atoms with Crippen LogP contribution < -0.4 is 15.9 Å². The second-order valence-electron chi connectivity index (χ2n) is 14.8. The van der Waals surface area contributed by atoms with E-state index in [0.717, 1.165) is 54.3 Å². The van der Waals surface area contributed by atoms with Crippen molar-refractivity contribution in [2.45, 2.75) is 51.7 Å². The van der Waals surface area contributed by atoms with Crippen LogP contribution in [0.15, 0.2) is 128 Å². The van der Waals surface area contributed by atoms with Gasteiger partial charge in [0.1, 0.15) is 12.0 Å². The molecule has 1 amide bonds. The molecule has 2 aliphatic rings. The Balaban J connectivity index is 1.53. The molecule has 0 spiro atoms. The minimum absolute atomic E-state index is 0.00915. The predicted molar refractivity (Wildman–Crippen MR) is 221 cm³/mol. The molecular formula is C44H51N2O6PSi. The highest BCUT2D eigenvalue weighted by Crippen LogP contribution is 2.50. The van der Waals surface area contributed by atoms with Gasteiger partial charge in [-0.1, -0.05) is 128 Å². The Labute approximate surface area is 320 Å². The first-order valence-corrected chi connectivity index (χ1v) is 23.9. The molecule has 4 aromatic carbocycles. The van der Waals surface area contributed by atoms with Crippen molar-refractivity contribution in [3.63, 3.8) is 0 Å². The van der Waals surface area contributed by atoms with Crippen molar-refractivity contribution < 1.29 is 28.3 Å². The van der Waals surface area contributed by atoms with Crippen molar-refractivity contribution in [3.05, 3.63) is 139 Å². The normalized spacial score (nSPS) is 18.4. The quantitative estimate of drug-likeness (QED) is 0.0367. The zero-order valence-corrected chi connectivity index (χ0v) is 33.6. The summed E-state index contributed by atoms with van der Waals surface area (Å²) in [6, 6.07) is 36.8. The van der Waals surface area contributed by atoms with Crippen LogP contribution in [0, 0.1) is 5.92 Å². The molecule has 0 radical (unpaired) electrons. The fourth-order valence-electron chi connectivity index (χ4n) is 7.68. The predicted octanol–water partition coefficient (Wildman–Crippen LogP) is 6.01. The Morgan fingerprint density at radius 2 is 1.37 bits per heavy atom. The van der Waals surface area contributed by atoms with Crippen molar-refractivity contribution in [1.82, 2.24) is 9.80 Å². The van der Waals surface area contributed by atoms with Crippen LogP contribution in [-0.4, -0.2) is 86.3 Å². The number of carbonyl (C=O) groups excluding carboxylic acids is 3. The van der Waals surface area contributed by atoms with Crippen LogP contribution in [0.2, 0.25) is 19.6 Å². The highest BCUT2D eigenvalue weighted by Gasteiger charge is 2.56. The first-order chi connectivity index (χ1) is 26.0. The molecule has 54 heavy (non-hydrogen) atoms. The lowest BCUT2D eigenvalue weighted by Gasteiger charge is -2.52. The molecule has 2 saturated heterocycles. The Morgan fingerprint density at radius 3 is 1.85 bits per heavy atom. The van der Waals surface area contributed by atoms with Crippen molar-refractivity contribution in [3.8, 4) is 0 Å². The van der Waals surface area contributed by atoms with Gasteiger partial charge in [0.05, 0.1) is 31.3 Å². The number of Topliss-reactive ketones (excluding diaryl/α,β-unsaturated/α-hetero) is 1. The van der Waals surface area contributed by atoms with Gasteiger partial charge >= 0.3 is 5.97 Å². The van der Waals surface area contributed by atoms with Crippen molar-refractivity contribution in [1.29, 1.82) is 0 Å². The molecule has 8 nitrogen and oxygen atoms in total. The molecule has 10 heteroatoms. The SMILES string of the molecule is C=CCOC(=O)C(N1C(=O)[C@H]([C@@H](C)O[Si](C)(C)C)[C@H]1CC(=O)c1ccc(CN2CCOCC2)cc1)=P(c1ccccc1)(c1ccccc1)c1ccccc1. The van der Waals surface area contributed by atoms with Crippen molar-refractivity contribution in [2.75, 3.05) is 32.9 Å². The number of β-lactam (4-membered cyclic amide) rings is 1. The molecule has 2 fully saturated rings. The zero-order chi connectivity index (χ0) is 38.3. The summed E-state index contributed by atoms with van der Waals surface area (Å²) < 4.78 is 18.0. The summed E-state index contributed by atoms with van der Waals surface area (Å²) >= 11 is 0. The van der Waals surface area contributed by atoms with Crippen molar-refractivity contribution >= 4 is 54.2 Å². The fourth-order valence-corrected chi connectivity index (χ4v) is 13.3. The summed E-state index contributed by atoms with van der Waals surface area (Å²) in [5, 5.41) is 2.66. The van der Waals surface area contributed by atoms with Gasteiger partial charge in [0, 0.05) is 38.5 Å². The van der Waals surface area contributed by atoms with Crippen LogP contribution >= 0.6 is 6.89 Å². The lowest BCUT2D eigenvalue weighted by atomic mass is 9.79. The standard InChI is InChI=1S/C44H51N2O6PSi/c1-6-28-51-44(49)43(53(36-16-10-7-11-17-36,37-18-12-8-13-19-37)38-20-14-9-15-21-38)46-39(41(42(46)48)33(2)52-54(3,4)5)31-40(47)35-24-22-34(23-25-35)32-45-26-29-50-30-27-45/h6-25,33,39,41H,1,26-32H2,2-5H3/t33-,39-,41-/m1/s1. The molecule has 282 valence electrons. The smallest absolute Gasteiger partial charge is 0.356 e. The topological polar surface area (TPSA) is 85.4 Å². The molecule has 0 aromatic heterocycles. The van der Waals surface area contributed by atoms with Gasteiger partial charge in [-0.25, -0.2) is 4.79 Å². The van der Waals surface area contributed by atoms with Gasteiger partial charge in [0.15, 0.2) is 14.1 Å². The number of benzene rings is 4. The maximum Gasteiger partial charge on any atom is 0.356 e. The van der Waals surface area contributed by atoms with Crippen LogP contribution in [0.25, 0.3) is 0 Å². The second-order valence-corrected chi connectivity index (χ2v) is 22.6. The summed E-state index contributed by atoms with van der Waals surface area (Å²) in [7, 11) is -2.11. The molecular weight excluding hydrogens is 712 g/mol. The highest BCUT2D eigenvalue weighted by molar-refractivity contribution is 7.96. The number of carbonyl (C=O) groups is 3. The van der Waals surface area contributed by atoms with Crippen LogP contribution in [0.5, 0.6) is 0 Å². The average molecular weight is 763 g/mol. The number of esters is 1. The minimum Gasteiger partial charge on any atom is -0.457 e. The van der Waals surface area contributed by atoms with E-state index in [1.54, 1.807) is 4.90 Å². The number of ether oxygens (including phenoxy) is 2. The first-order valence-electron chi connectivity index (χ1n) is 18.7. The van der Waals surface area contributed by atoms with E-state index >= 15 is 0 Å². The molecule has 2 aliphatic heterocycles. The Bertz CT molecular complexity index is 1870. The Kier molecular flexibility index (Phi) is 12.7. The Hall–Kier alpha value is -4.37. The third-order valence-electron chi connectivity index (χ3n) is 9.99. The maximum atomic E-state index is 14.9. The lowest BCUT2D eigenvalue weighted by molar-refractivity contribution is -0.156. The molecule has 2 heterocycles. The molecule has 3 atom stereocenters. The number of morpholine rings is 1. The minimum atomic E-state index is -3.14. The number of rotatable bonds is 15. The van der Waals surface area contributed by atoms with E-state index in [1.165, 1.54) is 6.08 Å². The summed E-state index contributed by atoms with van der Waals surface area (Å²) in [4.78, 5) is 48.1. The van der Waals surface area contributed by atoms with E-state index in [2.05, 4.69) is 31.1 Å². The number of hydrogen-bond donors (Lipinski definition) is 0. The van der Waals surface area contributed by atoms with Gasteiger partial charge in [-0.3, -0.25) is 14.5 Å². The van der Waals surface area contributed by atoms with Crippen molar-refractivity contribution in [2.24, 2.45) is 5.92 Å². The van der Waals surface area contributed by atoms with Crippen LogP contribution in [-0.2, 0) is 30.0 Å². The molecule has 0 aliphatic carbocycles. The highest BCUT2D eigenvalue weighted by atomic mass is 31.2. The number of nitrogens with zero attached hydrogens (tertiary/aromatic N) is 2. The van der Waals surface area contributed by atoms with Crippen LogP contribution in [0.3, 0.4) is 0 Å². The van der Waals surface area contributed by atoms with E-state index in [0.29, 0.717) is 5.56 Å². The fraction of sp³-hybridized carbons (Fsp3) is 0.318. The van der Waals surface area contributed by atoms with E-state index in [-0.39, 0.29) is 30.1 Å². The Morgan fingerprint density at radius 1 is 0.852 bits per heavy atom. The maximum absolute atomic E-state index is 14.9. The number of hydrogen-bond acceptors (Lipinski definition) is 7. The monoisotopic (exact) mass is 762 g/mol. The number of ketones is 1. The van der Waals surface area contributed by atoms with E-state index < -0.39 is 39.2 Å². The third kappa shape index (κ3) is 8.46. The van der Waals surface area contributed by atoms with E-state index in [9.17, 15) is 14.4 Å². The molecule has 6 rings (SSSR count). The summed E-state index contributed by atoms with van der Waals surface area (Å²) in [6.07, 6.45) is 1.06. The van der Waals surface area contributed by atoms with Crippen LogP contribution in [0.4, 0.5) is 0 Å². The van der Waals surface area contributed by atoms with Gasteiger partial charge < -0.3 is 18.8 Å². The molecule has 4 aromatic rings. The van der Waals surface area contributed by atoms with Gasteiger partial charge in [-0.15, -0.1) is 0 Å². The lowest BCUT2D eigenvalue weighted by Crippen LogP contribution is -2.69. The number of amides is 1. The third-order valence-corrected chi connectivity index (χ3v) is 15.3. The van der Waals surface area contributed by atoms with Gasteiger partial charge in [0.25, 0.3) is 0 Å². The first kappa shape index (κ1) is 39.3. The van der Waals surface area contributed by atoms with Gasteiger partial charge in [0.2, 0.25) is 5.91 Å².